The smallest absolute Gasteiger partial charge is 0.404 e. The van der Waals surface area contributed by atoms with Crippen molar-refractivity contribution in [2.24, 2.45) is 11.7 Å². The zero-order valence-electron chi connectivity index (χ0n) is 20.5. The molecule has 2 fully saturated rings. The number of carbonyl (C=O) groups excluding carboxylic acids is 3. The molecule has 9 nitrogen and oxygen atoms in total. The number of piperazine rings is 1. The van der Waals surface area contributed by atoms with Crippen LogP contribution in [0.25, 0.3) is 0 Å². The van der Waals surface area contributed by atoms with Gasteiger partial charge in [-0.2, -0.15) is 0 Å². The number of Topliss-reactive ketones (excluding diaryl/α,β-unsaturated/α-hetero) is 2. The summed E-state index contributed by atoms with van der Waals surface area (Å²) < 4.78 is 17.0. The highest BCUT2D eigenvalue weighted by molar-refractivity contribution is 6.25. The highest BCUT2D eigenvalue weighted by atomic mass is 16.6. The molecule has 188 valence electrons. The van der Waals surface area contributed by atoms with Gasteiger partial charge in [0.05, 0.1) is 24.3 Å². The number of ether oxygens (including phenoxy) is 3. The van der Waals surface area contributed by atoms with Crippen LogP contribution in [0.3, 0.4) is 0 Å². The van der Waals surface area contributed by atoms with Gasteiger partial charge < -0.3 is 30.2 Å². The lowest BCUT2D eigenvalue weighted by atomic mass is 9.83. The second-order valence-corrected chi connectivity index (χ2v) is 9.70. The minimum atomic E-state index is -0.969. The van der Waals surface area contributed by atoms with Crippen molar-refractivity contribution in [2.75, 3.05) is 26.9 Å². The zero-order chi connectivity index (χ0) is 24.5. The summed E-state index contributed by atoms with van der Waals surface area (Å²) in [4.78, 5) is 40.3. The Morgan fingerprint density at radius 1 is 1.12 bits per heavy atom. The van der Waals surface area contributed by atoms with Crippen LogP contribution in [0.4, 0.5) is 4.79 Å². The molecule has 0 aromatic carbocycles. The van der Waals surface area contributed by atoms with Crippen LogP contribution < -0.4 is 11.1 Å². The van der Waals surface area contributed by atoms with Gasteiger partial charge in [0, 0.05) is 30.8 Å². The molecular formula is C25H37N3O6. The molecule has 4 aliphatic rings. The maximum Gasteiger partial charge on any atom is 0.404 e. The largest absolute Gasteiger partial charge is 0.489 e. The molecule has 2 saturated heterocycles. The Labute approximate surface area is 201 Å². The van der Waals surface area contributed by atoms with Gasteiger partial charge in [-0.05, 0) is 13.3 Å². The lowest BCUT2D eigenvalue weighted by molar-refractivity contribution is -0.137. The molecule has 0 bridgehead atoms. The normalized spacial score (nSPS) is 29.4. The number of hydrogen-bond donors (Lipinski definition) is 2. The minimum absolute atomic E-state index is 0.0628. The van der Waals surface area contributed by atoms with Crippen LogP contribution in [0.1, 0.15) is 65.2 Å². The van der Waals surface area contributed by atoms with E-state index in [-0.39, 0.29) is 36.0 Å². The van der Waals surface area contributed by atoms with Gasteiger partial charge in [-0.1, -0.05) is 51.9 Å². The van der Waals surface area contributed by atoms with Gasteiger partial charge in [-0.3, -0.25) is 9.59 Å². The number of hydrogen-bond acceptors (Lipinski definition) is 8. The summed E-state index contributed by atoms with van der Waals surface area (Å²) in [6.07, 6.45) is 8.34. The van der Waals surface area contributed by atoms with Crippen LogP contribution in [0.5, 0.6) is 0 Å². The molecule has 9 heteroatoms. The maximum atomic E-state index is 13.6. The van der Waals surface area contributed by atoms with E-state index >= 15 is 0 Å². The number of rotatable bonds is 13. The van der Waals surface area contributed by atoms with E-state index in [0.717, 1.165) is 19.3 Å². The van der Waals surface area contributed by atoms with Crippen molar-refractivity contribution < 1.29 is 28.6 Å². The van der Waals surface area contributed by atoms with Crippen molar-refractivity contribution in [2.45, 2.75) is 83.0 Å². The van der Waals surface area contributed by atoms with Crippen LogP contribution in [0.2, 0.25) is 0 Å². The van der Waals surface area contributed by atoms with Crippen molar-refractivity contribution in [1.29, 1.82) is 0 Å². The first-order valence-corrected chi connectivity index (χ1v) is 12.6. The number of amides is 1. The molecule has 1 aliphatic carbocycles. The van der Waals surface area contributed by atoms with Crippen LogP contribution >= 0.6 is 0 Å². The quantitative estimate of drug-likeness (QED) is 0.236. The number of carbonyl (C=O) groups is 3. The summed E-state index contributed by atoms with van der Waals surface area (Å²) in [5.74, 6) is -1.10. The summed E-state index contributed by atoms with van der Waals surface area (Å²) in [5, 5.41) is 3.35. The van der Waals surface area contributed by atoms with Gasteiger partial charge in [0.1, 0.15) is 6.61 Å². The first-order chi connectivity index (χ1) is 16.4. The van der Waals surface area contributed by atoms with Crippen molar-refractivity contribution in [3.8, 4) is 0 Å². The average molecular weight is 476 g/mol. The molecule has 0 radical (unpaired) electrons. The number of nitrogens with one attached hydrogen (secondary N) is 1. The molecule has 0 aromatic rings. The van der Waals surface area contributed by atoms with Crippen LogP contribution in [-0.2, 0) is 23.8 Å². The molecule has 3 heterocycles. The van der Waals surface area contributed by atoms with Crippen LogP contribution in [0, 0.1) is 5.92 Å². The molecule has 1 amide bonds. The molecule has 0 unspecified atom stereocenters. The summed E-state index contributed by atoms with van der Waals surface area (Å²) in [6, 6.07) is 0.101. The number of primary amides is 1. The lowest BCUT2D eigenvalue weighted by Gasteiger charge is -2.39. The van der Waals surface area contributed by atoms with E-state index < -0.39 is 17.7 Å². The van der Waals surface area contributed by atoms with Crippen LogP contribution in [0.15, 0.2) is 22.6 Å². The number of fused-ring (bicyclic) bond motifs is 4. The van der Waals surface area contributed by atoms with E-state index in [0.29, 0.717) is 30.0 Å². The van der Waals surface area contributed by atoms with Crippen LogP contribution in [-0.4, -0.2) is 67.2 Å². The first-order valence-electron chi connectivity index (χ1n) is 12.6. The fraction of sp³-hybridized carbons (Fsp3) is 0.720. The molecule has 34 heavy (non-hydrogen) atoms. The molecule has 4 atom stereocenters. The number of methoxy groups -OCH3 is 1. The number of ketones is 2. The van der Waals surface area contributed by atoms with Crippen molar-refractivity contribution >= 4 is 17.7 Å². The Balaban J connectivity index is 1.44. The first kappa shape index (κ1) is 24.7. The summed E-state index contributed by atoms with van der Waals surface area (Å²) in [7, 11) is 1.56. The van der Waals surface area contributed by atoms with Gasteiger partial charge in [0.15, 0.2) is 11.5 Å². The van der Waals surface area contributed by atoms with Gasteiger partial charge in [0.25, 0.3) is 0 Å². The van der Waals surface area contributed by atoms with Crippen molar-refractivity contribution in [1.82, 2.24) is 10.2 Å². The second kappa shape index (κ2) is 10.1. The SMILES string of the molecule is CCCCCCCCCCOC1=C(C)C(=O)C2=C(C1=O)[C@@H](COC(N)=O)[C@@]1(OC)[C@H]3N[C@H]3CN21. The topological polar surface area (TPSA) is 130 Å². The Hall–Kier alpha value is -2.39. The fourth-order valence-electron chi connectivity index (χ4n) is 5.85. The molecule has 0 saturated carbocycles. The standard InChI is InChI=1S/C25H37N3O6/c1-4-5-6-7-8-9-10-11-12-33-22-15(2)20(29)19-18(21(22)30)16(14-34-24(26)31)25(32-3)23-17(27-23)13-28(19)25/h16-17,23,27H,4-14H2,1-3H3,(H2,26,31)/t16-,17+,23+,25-/m1/s1. The number of nitrogens with two attached hydrogens (primary N) is 1. The Bertz CT molecular complexity index is 912. The number of allylic oxidation sites excluding steroid dienone is 2. The van der Waals surface area contributed by atoms with E-state index in [2.05, 4.69) is 12.2 Å². The highest BCUT2D eigenvalue weighted by Crippen LogP contribution is 2.55. The molecule has 4 rings (SSSR count). The van der Waals surface area contributed by atoms with Crippen molar-refractivity contribution in [3.63, 3.8) is 0 Å². The van der Waals surface area contributed by atoms with Gasteiger partial charge >= 0.3 is 6.09 Å². The van der Waals surface area contributed by atoms with E-state index in [1.807, 2.05) is 4.90 Å². The molecule has 0 spiro atoms. The third kappa shape index (κ3) is 4.13. The summed E-state index contributed by atoms with van der Waals surface area (Å²) in [5.41, 5.74) is 5.22. The maximum absolute atomic E-state index is 13.6. The molecule has 3 N–H and O–H groups in total. The Kier molecular flexibility index (Phi) is 7.33. The average Bonchev–Trinajstić information content (AvgIpc) is 3.42. The predicted molar refractivity (Wildman–Crippen MR) is 124 cm³/mol. The van der Waals surface area contributed by atoms with E-state index in [1.54, 1.807) is 14.0 Å². The number of nitrogens with zero attached hydrogens (tertiary/aromatic N) is 1. The van der Waals surface area contributed by atoms with E-state index in [9.17, 15) is 14.4 Å². The Morgan fingerprint density at radius 3 is 2.44 bits per heavy atom. The second-order valence-electron chi connectivity index (χ2n) is 9.70. The fourth-order valence-corrected chi connectivity index (χ4v) is 5.85. The summed E-state index contributed by atoms with van der Waals surface area (Å²) in [6.45, 7) is 4.64. The van der Waals surface area contributed by atoms with E-state index in [4.69, 9.17) is 19.9 Å². The monoisotopic (exact) mass is 475 g/mol. The van der Waals surface area contributed by atoms with E-state index in [1.165, 1.54) is 32.1 Å². The van der Waals surface area contributed by atoms with Gasteiger partial charge in [-0.15, -0.1) is 0 Å². The zero-order valence-corrected chi connectivity index (χ0v) is 20.5. The molecule has 3 aliphatic heterocycles. The van der Waals surface area contributed by atoms with Gasteiger partial charge in [-0.25, -0.2) is 4.79 Å². The predicted octanol–water partition coefficient (Wildman–Crippen LogP) is 2.55. The molecular weight excluding hydrogens is 438 g/mol. The Morgan fingerprint density at radius 2 is 1.79 bits per heavy atom. The third-order valence-corrected chi connectivity index (χ3v) is 7.62. The van der Waals surface area contributed by atoms with Gasteiger partial charge in [0.2, 0.25) is 11.6 Å². The van der Waals surface area contributed by atoms with Crippen molar-refractivity contribution in [3.05, 3.63) is 22.6 Å². The molecule has 0 aromatic heterocycles. The number of unbranched alkanes of at least 4 members (excludes halogenated alkanes) is 7. The highest BCUT2D eigenvalue weighted by Gasteiger charge is 2.72. The lowest BCUT2D eigenvalue weighted by Crippen LogP contribution is -2.55. The summed E-state index contributed by atoms with van der Waals surface area (Å²) >= 11 is 0. The third-order valence-electron chi connectivity index (χ3n) is 7.62. The minimum Gasteiger partial charge on any atom is -0.489 e.